The number of para-hydroxylation sites is 2. The second-order valence-electron chi connectivity index (χ2n) is 6.35. The van der Waals surface area contributed by atoms with Gasteiger partial charge in [-0.25, -0.2) is 9.97 Å². The summed E-state index contributed by atoms with van der Waals surface area (Å²) in [6.45, 7) is 12.2. The van der Waals surface area contributed by atoms with Crippen molar-refractivity contribution in [2.45, 2.75) is 25.9 Å². The first kappa shape index (κ1) is 15.6. The smallest absolute Gasteiger partial charge is 0.137 e. The molecule has 0 fully saturated rings. The van der Waals surface area contributed by atoms with Crippen LogP contribution in [0.15, 0.2) is 24.3 Å². The molecule has 108 valence electrons. The molecular formula is C15H22N2OP2. The van der Waals surface area contributed by atoms with Crippen LogP contribution in [0.2, 0.25) is 0 Å². The fourth-order valence-electron chi connectivity index (χ4n) is 1.89. The molecule has 2 rings (SSSR count). The lowest BCUT2D eigenvalue weighted by atomic mass is 10.3. The molecule has 0 saturated heterocycles. The van der Waals surface area contributed by atoms with Gasteiger partial charge in [0.2, 0.25) is 0 Å². The molecular weight excluding hydrogens is 286 g/mol. The molecule has 0 N–H and O–H groups in total. The van der Waals surface area contributed by atoms with Crippen molar-refractivity contribution in [3.8, 4) is 0 Å². The molecule has 1 heterocycles. The van der Waals surface area contributed by atoms with E-state index < -0.39 is 15.1 Å². The molecule has 3 nitrogen and oxygen atoms in total. The highest BCUT2D eigenvalue weighted by Crippen LogP contribution is 2.53. The summed E-state index contributed by atoms with van der Waals surface area (Å²) in [4.78, 5) is 9.47. The number of hydrogen-bond acceptors (Lipinski definition) is 3. The van der Waals surface area contributed by atoms with E-state index in [1.54, 1.807) is 0 Å². The third-order valence-corrected chi connectivity index (χ3v) is 8.66. The van der Waals surface area contributed by atoms with Gasteiger partial charge in [0, 0.05) is 5.16 Å². The van der Waals surface area contributed by atoms with Gasteiger partial charge < -0.3 is 4.57 Å². The number of aromatic nitrogens is 2. The fourth-order valence-corrected chi connectivity index (χ4v) is 5.18. The van der Waals surface area contributed by atoms with Gasteiger partial charge in [-0.15, -0.1) is 0 Å². The number of hydrogen-bond donors (Lipinski definition) is 0. The number of benzene rings is 1. The predicted octanol–water partition coefficient (Wildman–Crippen LogP) is 3.41. The molecule has 0 spiro atoms. The van der Waals surface area contributed by atoms with Crippen LogP contribution in [0.3, 0.4) is 0 Å². The maximum atomic E-state index is 13.3. The second-order valence-corrected chi connectivity index (χ2v) is 12.2. The molecule has 1 unspecified atom stereocenters. The zero-order valence-electron chi connectivity index (χ0n) is 13.0. The van der Waals surface area contributed by atoms with Crippen molar-refractivity contribution in [3.63, 3.8) is 0 Å². The summed E-state index contributed by atoms with van der Waals surface area (Å²) in [7, 11) is -3.03. The largest absolute Gasteiger partial charge is 0.317 e. The zero-order chi connectivity index (χ0) is 15.1. The summed E-state index contributed by atoms with van der Waals surface area (Å²) >= 11 is 0. The van der Waals surface area contributed by atoms with Crippen molar-refractivity contribution in [2.75, 3.05) is 20.0 Å². The number of rotatable bonds is 2. The van der Waals surface area contributed by atoms with Gasteiger partial charge in [-0.3, -0.25) is 0 Å². The molecule has 1 aromatic carbocycles. The number of fused-ring (bicyclic) bond motifs is 1. The number of nitrogens with zero attached hydrogens (tertiary/aromatic N) is 2. The van der Waals surface area contributed by atoms with E-state index >= 15 is 0 Å². The third kappa shape index (κ3) is 2.67. The van der Waals surface area contributed by atoms with E-state index in [2.05, 4.69) is 13.3 Å². The summed E-state index contributed by atoms with van der Waals surface area (Å²) < 4.78 is 13.3. The lowest BCUT2D eigenvalue weighted by Gasteiger charge is -2.29. The molecule has 1 aromatic heterocycles. The summed E-state index contributed by atoms with van der Waals surface area (Å²) in [5.74, 6) is 0. The van der Waals surface area contributed by atoms with Crippen LogP contribution < -0.4 is 10.9 Å². The van der Waals surface area contributed by atoms with Crippen LogP contribution in [0, 0.1) is 0 Å². The summed E-state index contributed by atoms with van der Waals surface area (Å²) in [6, 6.07) is 7.81. The molecule has 0 amide bonds. The summed E-state index contributed by atoms with van der Waals surface area (Å²) in [6.07, 6.45) is 0. The Bertz CT molecular complexity index is 690. The van der Waals surface area contributed by atoms with Crippen LogP contribution in [0.5, 0.6) is 0 Å². The van der Waals surface area contributed by atoms with E-state index in [9.17, 15) is 4.57 Å². The topological polar surface area (TPSA) is 42.9 Å². The predicted molar refractivity (Wildman–Crippen MR) is 90.9 cm³/mol. The second kappa shape index (κ2) is 5.20. The zero-order valence-corrected chi connectivity index (χ0v) is 14.8. The van der Waals surface area contributed by atoms with Crippen LogP contribution in [0.1, 0.15) is 20.8 Å². The molecule has 0 aliphatic rings. The Morgan fingerprint density at radius 3 is 2.00 bits per heavy atom. The maximum absolute atomic E-state index is 13.3. The summed E-state index contributed by atoms with van der Waals surface area (Å²) in [5, 5.41) is -0.301. The lowest BCUT2D eigenvalue weighted by Crippen LogP contribution is -2.35. The van der Waals surface area contributed by atoms with Gasteiger partial charge in [0.05, 0.1) is 16.5 Å². The van der Waals surface area contributed by atoms with E-state index in [0.29, 0.717) is 0 Å². The Labute approximate surface area is 122 Å². The SMILES string of the molecule is CP(C)c1nc2ccccc2nc1P(C)(=O)C(C)(C)C. The van der Waals surface area contributed by atoms with Crippen molar-refractivity contribution in [1.82, 2.24) is 9.97 Å². The van der Waals surface area contributed by atoms with Gasteiger partial charge in [0.1, 0.15) is 12.6 Å². The Morgan fingerprint density at radius 2 is 1.55 bits per heavy atom. The highest BCUT2D eigenvalue weighted by molar-refractivity contribution is 7.75. The first-order valence-electron chi connectivity index (χ1n) is 6.67. The quantitative estimate of drug-likeness (QED) is 0.798. The van der Waals surface area contributed by atoms with Crippen molar-refractivity contribution in [3.05, 3.63) is 24.3 Å². The normalized spacial score (nSPS) is 15.6. The molecule has 1 atom stereocenters. The molecule has 0 aliphatic heterocycles. The van der Waals surface area contributed by atoms with Crippen molar-refractivity contribution < 1.29 is 4.57 Å². The van der Waals surface area contributed by atoms with E-state index in [1.807, 2.05) is 51.7 Å². The van der Waals surface area contributed by atoms with Gasteiger partial charge in [-0.05, 0) is 32.1 Å². The highest BCUT2D eigenvalue weighted by atomic mass is 31.2. The van der Waals surface area contributed by atoms with E-state index in [1.165, 1.54) is 0 Å². The maximum Gasteiger partial charge on any atom is 0.137 e. The van der Waals surface area contributed by atoms with Crippen LogP contribution in [-0.4, -0.2) is 35.1 Å². The molecule has 5 heteroatoms. The first-order valence-corrected chi connectivity index (χ1v) is 11.1. The Hall–Kier alpha value is -0.780. The van der Waals surface area contributed by atoms with Crippen LogP contribution in [-0.2, 0) is 4.57 Å². The van der Waals surface area contributed by atoms with Gasteiger partial charge in [0.25, 0.3) is 0 Å². The molecule has 20 heavy (non-hydrogen) atoms. The first-order chi connectivity index (χ1) is 9.14. The van der Waals surface area contributed by atoms with Crippen LogP contribution in [0.4, 0.5) is 0 Å². The van der Waals surface area contributed by atoms with Crippen molar-refractivity contribution in [1.29, 1.82) is 0 Å². The highest BCUT2D eigenvalue weighted by Gasteiger charge is 2.37. The van der Waals surface area contributed by atoms with Gasteiger partial charge >= 0.3 is 0 Å². The summed E-state index contributed by atoms with van der Waals surface area (Å²) in [5.41, 5.74) is 3.37. The van der Waals surface area contributed by atoms with Crippen LogP contribution >= 0.6 is 15.1 Å². The van der Waals surface area contributed by atoms with Crippen LogP contribution in [0.25, 0.3) is 11.0 Å². The Morgan fingerprint density at radius 1 is 1.05 bits per heavy atom. The van der Waals surface area contributed by atoms with Crippen molar-refractivity contribution in [2.24, 2.45) is 0 Å². The molecule has 0 radical (unpaired) electrons. The molecule has 2 aromatic rings. The van der Waals surface area contributed by atoms with Gasteiger partial charge in [-0.2, -0.15) is 0 Å². The van der Waals surface area contributed by atoms with E-state index in [0.717, 1.165) is 21.9 Å². The Kier molecular flexibility index (Phi) is 4.06. The average molecular weight is 308 g/mol. The van der Waals surface area contributed by atoms with E-state index in [-0.39, 0.29) is 5.16 Å². The minimum Gasteiger partial charge on any atom is -0.317 e. The van der Waals surface area contributed by atoms with Gasteiger partial charge in [0.15, 0.2) is 0 Å². The lowest BCUT2D eigenvalue weighted by molar-refractivity contribution is 0.560. The molecule has 0 aliphatic carbocycles. The van der Waals surface area contributed by atoms with Crippen molar-refractivity contribution >= 4 is 37.0 Å². The molecule has 0 bridgehead atoms. The Balaban J connectivity index is 2.80. The fraction of sp³-hybridized carbons (Fsp3) is 0.467. The third-order valence-electron chi connectivity index (χ3n) is 3.64. The van der Waals surface area contributed by atoms with Gasteiger partial charge in [-0.1, -0.05) is 40.8 Å². The average Bonchev–Trinajstić information content (AvgIpc) is 2.35. The minimum absolute atomic E-state index is 0.301. The molecule has 0 saturated carbocycles. The minimum atomic E-state index is -2.58. The standard InChI is InChI=1S/C15H22N2OP2/c1-15(2,3)20(6,18)14-13(19(4)5)16-11-9-7-8-10-12(11)17-14/h7-10H,1-6H3. The monoisotopic (exact) mass is 308 g/mol. The van der Waals surface area contributed by atoms with E-state index in [4.69, 9.17) is 9.97 Å².